The zero-order chi connectivity index (χ0) is 22.9. The van der Waals surface area contributed by atoms with Gasteiger partial charge in [-0.05, 0) is 69.9 Å². The number of hydrogen-bond donors (Lipinski definition) is 2. The first-order chi connectivity index (χ1) is 15.5. The largest absolute Gasteiger partial charge is 2.00 e. The van der Waals surface area contributed by atoms with Crippen LogP contribution in [0.4, 0.5) is 5.69 Å². The zero-order valence-corrected chi connectivity index (χ0v) is 18.5. The molecule has 9 heteroatoms. The molecule has 0 atom stereocenters. The molecule has 2 aromatic rings. The van der Waals surface area contributed by atoms with Gasteiger partial charge < -0.3 is 10.0 Å². The van der Waals surface area contributed by atoms with Crippen molar-refractivity contribution in [2.24, 2.45) is 0 Å². The van der Waals surface area contributed by atoms with E-state index in [4.69, 9.17) is 5.11 Å². The molecule has 33 heavy (non-hydrogen) atoms. The van der Waals surface area contributed by atoms with Crippen molar-refractivity contribution >= 4 is 17.6 Å². The first-order valence-electron chi connectivity index (χ1n) is 9.75. The number of nitrogens with one attached hydrogen (secondary N) is 1. The Kier molecular flexibility index (Phi) is 10.6. The van der Waals surface area contributed by atoms with Crippen LogP contribution >= 0.6 is 0 Å². The number of nitrogens with zero attached hydrogens (tertiary/aromatic N) is 2. The van der Waals surface area contributed by atoms with Crippen LogP contribution in [0.1, 0.15) is 10.4 Å². The van der Waals surface area contributed by atoms with E-state index in [0.29, 0.717) is 5.56 Å². The predicted octanol–water partition coefficient (Wildman–Crippen LogP) is 1.69. The van der Waals surface area contributed by atoms with E-state index in [2.05, 4.69) is 4.98 Å². The standard InChI is InChI=1S/C19H16N3O5.C5H5.Fe/c23-16(24)12-21-11-15(17(25)20-19(21)27)22(10-13-6-4-5-7-13)18(26)14-8-2-1-3-9-14;1-2-4-5-3-1;/h1-9,11H,10,12H2,(H,23,24)(H,20,25,27);1-5H;/q;;+2. The fourth-order valence-electron chi connectivity index (χ4n) is 2.98. The summed E-state index contributed by atoms with van der Waals surface area (Å²) in [7, 11) is 0. The summed E-state index contributed by atoms with van der Waals surface area (Å²) in [6.45, 7) is -0.540. The van der Waals surface area contributed by atoms with Crippen LogP contribution in [0.25, 0.3) is 0 Å². The van der Waals surface area contributed by atoms with Crippen LogP contribution in [-0.4, -0.2) is 33.1 Å². The van der Waals surface area contributed by atoms with Crippen LogP contribution in [0.5, 0.6) is 0 Å². The van der Waals surface area contributed by atoms with Crippen molar-refractivity contribution in [3.63, 3.8) is 0 Å². The third-order valence-corrected chi connectivity index (χ3v) is 4.48. The van der Waals surface area contributed by atoms with Gasteiger partial charge in [0.25, 0.3) is 11.5 Å². The summed E-state index contributed by atoms with van der Waals surface area (Å²) in [5, 5.41) is 8.95. The van der Waals surface area contributed by atoms with Crippen LogP contribution in [0, 0.1) is 63.7 Å². The van der Waals surface area contributed by atoms with Crippen LogP contribution in [-0.2, 0) is 28.4 Å². The molecule has 2 saturated carbocycles. The van der Waals surface area contributed by atoms with Crippen LogP contribution < -0.4 is 16.1 Å². The molecule has 1 aromatic carbocycles. The van der Waals surface area contributed by atoms with Crippen molar-refractivity contribution in [3.8, 4) is 0 Å². The van der Waals surface area contributed by atoms with Crippen LogP contribution in [0.2, 0.25) is 0 Å². The van der Waals surface area contributed by atoms with Gasteiger partial charge in [-0.3, -0.25) is 23.9 Å². The molecular weight excluding hydrogens is 466 g/mol. The SMILES string of the molecule is O=C(O)Cn1cc(N(C[C]2[CH][CH][CH][CH]2)C(=O)c2ccccc2)c(=O)[nH]c1=O.[CH]1[CH][CH][CH][CH]1.[Fe+2]. The smallest absolute Gasteiger partial charge is 0.480 e. The van der Waals surface area contributed by atoms with E-state index in [0.717, 1.165) is 16.7 Å². The number of carboxylic acids is 1. The van der Waals surface area contributed by atoms with Gasteiger partial charge in [0, 0.05) is 24.2 Å². The number of benzene rings is 1. The molecule has 8 nitrogen and oxygen atoms in total. The Balaban J connectivity index is 0.000000568. The van der Waals surface area contributed by atoms with Gasteiger partial charge in [0.05, 0.1) is 0 Å². The fraction of sp³-hybridized carbons (Fsp3) is 0.0833. The average Bonchev–Trinajstić information content (AvgIpc) is 3.51. The molecule has 2 aliphatic rings. The molecule has 1 heterocycles. The number of amides is 1. The van der Waals surface area contributed by atoms with Gasteiger partial charge in [-0.1, -0.05) is 18.2 Å². The Bertz CT molecular complexity index is 1020. The molecule has 2 aliphatic carbocycles. The third-order valence-electron chi connectivity index (χ3n) is 4.48. The number of H-pyrrole nitrogens is 1. The number of carboxylic acid groups (broad SMARTS) is 1. The molecule has 2 N–H and O–H groups in total. The Morgan fingerprint density at radius 3 is 2.03 bits per heavy atom. The second-order valence-electron chi connectivity index (χ2n) is 6.81. The second kappa shape index (κ2) is 13.2. The summed E-state index contributed by atoms with van der Waals surface area (Å²) in [5.41, 5.74) is -1.37. The van der Waals surface area contributed by atoms with Crippen molar-refractivity contribution in [3.05, 3.63) is 127 Å². The van der Waals surface area contributed by atoms with Gasteiger partial charge in [0.2, 0.25) is 0 Å². The Hall–Kier alpha value is -2.64. The molecule has 0 aliphatic heterocycles. The minimum absolute atomic E-state index is 0. The summed E-state index contributed by atoms with van der Waals surface area (Å²) in [6.07, 6.45) is 18.3. The molecule has 0 bridgehead atoms. The number of aromatic amines is 1. The van der Waals surface area contributed by atoms with E-state index in [1.165, 1.54) is 4.90 Å². The van der Waals surface area contributed by atoms with Gasteiger partial charge in [0.1, 0.15) is 12.2 Å². The molecule has 4 rings (SSSR count). The molecule has 2 fully saturated rings. The first kappa shape index (κ1) is 26.6. The van der Waals surface area contributed by atoms with E-state index in [-0.39, 0.29) is 29.3 Å². The van der Waals surface area contributed by atoms with Crippen molar-refractivity contribution in [1.29, 1.82) is 0 Å². The third kappa shape index (κ3) is 7.72. The van der Waals surface area contributed by atoms with Crippen molar-refractivity contribution < 1.29 is 31.8 Å². The normalized spacial score (nSPS) is 15.3. The molecule has 0 spiro atoms. The Morgan fingerprint density at radius 2 is 1.48 bits per heavy atom. The number of aliphatic carboxylic acids is 1. The van der Waals surface area contributed by atoms with Gasteiger partial charge in [-0.25, -0.2) is 4.79 Å². The Labute approximate surface area is 203 Å². The molecule has 10 radical (unpaired) electrons. The zero-order valence-electron chi connectivity index (χ0n) is 17.4. The number of carbonyl (C=O) groups is 2. The minimum Gasteiger partial charge on any atom is -0.480 e. The number of anilines is 1. The van der Waals surface area contributed by atoms with E-state index in [9.17, 15) is 19.2 Å². The van der Waals surface area contributed by atoms with E-state index in [1.54, 1.807) is 56.0 Å². The monoisotopic (exact) mass is 487 g/mol. The summed E-state index contributed by atoms with van der Waals surface area (Å²) in [4.78, 5) is 51.5. The molecule has 168 valence electrons. The maximum atomic E-state index is 13.0. The van der Waals surface area contributed by atoms with E-state index < -0.39 is 29.7 Å². The maximum absolute atomic E-state index is 13.0. The van der Waals surface area contributed by atoms with Gasteiger partial charge >= 0.3 is 28.7 Å². The van der Waals surface area contributed by atoms with Crippen LogP contribution in [0.15, 0.2) is 46.1 Å². The number of carbonyl (C=O) groups excluding carboxylic acids is 1. The van der Waals surface area contributed by atoms with Crippen LogP contribution in [0.3, 0.4) is 0 Å². The predicted molar refractivity (Wildman–Crippen MR) is 119 cm³/mol. The number of hydrogen-bond acceptors (Lipinski definition) is 4. The molecule has 1 amide bonds. The fourth-order valence-corrected chi connectivity index (χ4v) is 2.98. The maximum Gasteiger partial charge on any atom is 2.00 e. The summed E-state index contributed by atoms with van der Waals surface area (Å²) < 4.78 is 0.843. The molecule has 0 saturated heterocycles. The van der Waals surface area contributed by atoms with Gasteiger partial charge in [-0.15, -0.1) is 0 Å². The van der Waals surface area contributed by atoms with Crippen molar-refractivity contribution in [2.45, 2.75) is 6.54 Å². The average molecular weight is 487 g/mol. The summed E-state index contributed by atoms with van der Waals surface area (Å²) in [6, 6.07) is 8.38. The molecule has 0 unspecified atom stereocenters. The van der Waals surface area contributed by atoms with E-state index in [1.807, 2.05) is 32.1 Å². The van der Waals surface area contributed by atoms with Gasteiger partial charge in [-0.2, -0.15) is 0 Å². The molecular formula is C24H21FeN3O5+2. The number of aromatic nitrogens is 2. The second-order valence-corrected chi connectivity index (χ2v) is 6.81. The molecule has 1 aromatic heterocycles. The summed E-state index contributed by atoms with van der Waals surface area (Å²) >= 11 is 0. The van der Waals surface area contributed by atoms with Crippen molar-refractivity contribution in [1.82, 2.24) is 9.55 Å². The summed E-state index contributed by atoms with van der Waals surface area (Å²) in [5.74, 6) is -0.899. The topological polar surface area (TPSA) is 112 Å². The first-order valence-corrected chi connectivity index (χ1v) is 9.75. The van der Waals surface area contributed by atoms with Gasteiger partial charge in [0.15, 0.2) is 0 Å². The quantitative estimate of drug-likeness (QED) is 0.603. The van der Waals surface area contributed by atoms with E-state index >= 15 is 0 Å². The number of rotatable bonds is 6. The Morgan fingerprint density at radius 1 is 0.909 bits per heavy atom. The minimum atomic E-state index is -1.24. The van der Waals surface area contributed by atoms with Crippen molar-refractivity contribution in [2.75, 3.05) is 11.4 Å².